The largest absolute Gasteiger partial charge is 0.330 e. The highest BCUT2D eigenvalue weighted by atomic mass is 16.1. The average Bonchev–Trinajstić information content (AvgIpc) is 2.99. The monoisotopic (exact) mass is 274 g/mol. The highest BCUT2D eigenvalue weighted by molar-refractivity contribution is 5.93. The SMILES string of the molecule is CCCC(CN)C(=O)Nc1cccc(-c2nn[nH]n2)c1. The summed E-state index contributed by atoms with van der Waals surface area (Å²) in [5.41, 5.74) is 7.12. The summed E-state index contributed by atoms with van der Waals surface area (Å²) in [6.07, 6.45) is 1.71. The minimum absolute atomic E-state index is 0.0559. The fourth-order valence-electron chi connectivity index (χ4n) is 1.97. The van der Waals surface area contributed by atoms with Crippen LogP contribution in [0.3, 0.4) is 0 Å². The van der Waals surface area contributed by atoms with E-state index < -0.39 is 0 Å². The third-order valence-electron chi connectivity index (χ3n) is 3.03. The number of aromatic amines is 1. The number of nitrogens with two attached hydrogens (primary N) is 1. The molecule has 1 aromatic heterocycles. The van der Waals surface area contributed by atoms with Crippen LogP contribution in [0.5, 0.6) is 0 Å². The molecule has 0 bridgehead atoms. The van der Waals surface area contributed by atoms with Gasteiger partial charge in [-0.1, -0.05) is 25.5 Å². The Morgan fingerprint density at radius 1 is 1.50 bits per heavy atom. The first-order valence-electron chi connectivity index (χ1n) is 6.59. The van der Waals surface area contributed by atoms with Crippen molar-refractivity contribution < 1.29 is 4.79 Å². The molecule has 0 aliphatic rings. The Balaban J connectivity index is 2.10. The number of hydrogen-bond donors (Lipinski definition) is 3. The van der Waals surface area contributed by atoms with Gasteiger partial charge in [-0.15, -0.1) is 10.2 Å². The van der Waals surface area contributed by atoms with Crippen LogP contribution in [0.1, 0.15) is 19.8 Å². The molecule has 0 saturated heterocycles. The Morgan fingerprint density at radius 2 is 2.35 bits per heavy atom. The standard InChI is InChI=1S/C13H18N6O/c1-2-4-10(8-14)13(20)15-11-6-3-5-9(7-11)12-16-18-19-17-12/h3,5-7,10H,2,4,8,14H2,1H3,(H,15,20)(H,16,17,18,19). The Kier molecular flexibility index (Phi) is 4.78. The summed E-state index contributed by atoms with van der Waals surface area (Å²) in [5.74, 6) is 0.276. The van der Waals surface area contributed by atoms with Crippen LogP contribution in [0.2, 0.25) is 0 Å². The minimum Gasteiger partial charge on any atom is -0.330 e. The number of anilines is 1. The van der Waals surface area contributed by atoms with Crippen molar-refractivity contribution in [2.75, 3.05) is 11.9 Å². The third kappa shape index (κ3) is 3.39. The van der Waals surface area contributed by atoms with E-state index in [-0.39, 0.29) is 11.8 Å². The lowest BCUT2D eigenvalue weighted by Gasteiger charge is -2.14. The van der Waals surface area contributed by atoms with Gasteiger partial charge in [0.2, 0.25) is 11.7 Å². The molecule has 2 aromatic rings. The van der Waals surface area contributed by atoms with Crippen LogP contribution in [-0.2, 0) is 4.79 Å². The fraction of sp³-hybridized carbons (Fsp3) is 0.385. The number of aromatic nitrogens is 4. The van der Waals surface area contributed by atoms with Crippen molar-refractivity contribution in [3.63, 3.8) is 0 Å². The molecule has 7 heteroatoms. The van der Waals surface area contributed by atoms with E-state index in [4.69, 9.17) is 5.73 Å². The highest BCUT2D eigenvalue weighted by Crippen LogP contribution is 2.19. The minimum atomic E-state index is -0.158. The quantitative estimate of drug-likeness (QED) is 0.732. The molecule has 0 fully saturated rings. The molecule has 0 saturated carbocycles. The van der Waals surface area contributed by atoms with Crippen LogP contribution in [0.15, 0.2) is 24.3 Å². The van der Waals surface area contributed by atoms with Gasteiger partial charge in [-0.25, -0.2) is 0 Å². The molecule has 1 aromatic carbocycles. The van der Waals surface area contributed by atoms with Crippen molar-refractivity contribution >= 4 is 11.6 Å². The van der Waals surface area contributed by atoms with Crippen LogP contribution in [0, 0.1) is 5.92 Å². The summed E-state index contributed by atoms with van der Waals surface area (Å²) in [4.78, 5) is 12.1. The van der Waals surface area contributed by atoms with Crippen molar-refractivity contribution in [2.24, 2.45) is 11.7 Å². The molecular formula is C13H18N6O. The summed E-state index contributed by atoms with van der Waals surface area (Å²) in [5, 5.41) is 16.6. The van der Waals surface area contributed by atoms with E-state index >= 15 is 0 Å². The Morgan fingerprint density at radius 3 is 3.00 bits per heavy atom. The number of H-pyrrole nitrogens is 1. The van der Waals surface area contributed by atoms with E-state index in [1.54, 1.807) is 0 Å². The summed E-state index contributed by atoms with van der Waals surface area (Å²) >= 11 is 0. The van der Waals surface area contributed by atoms with Gasteiger partial charge in [0.1, 0.15) is 0 Å². The fourth-order valence-corrected chi connectivity index (χ4v) is 1.97. The first kappa shape index (κ1) is 14.1. The molecule has 0 aliphatic carbocycles. The predicted molar refractivity (Wildman–Crippen MR) is 75.7 cm³/mol. The number of hydrogen-bond acceptors (Lipinski definition) is 5. The zero-order valence-electron chi connectivity index (χ0n) is 11.3. The van der Waals surface area contributed by atoms with Gasteiger partial charge in [-0.2, -0.15) is 5.21 Å². The lowest BCUT2D eigenvalue weighted by atomic mass is 10.0. The Hall–Kier alpha value is -2.28. The van der Waals surface area contributed by atoms with Crippen LogP contribution in [0.25, 0.3) is 11.4 Å². The normalized spacial score (nSPS) is 12.1. The number of carbonyl (C=O) groups excluding carboxylic acids is 1. The molecule has 1 amide bonds. The third-order valence-corrected chi connectivity index (χ3v) is 3.03. The smallest absolute Gasteiger partial charge is 0.228 e. The molecule has 0 aliphatic heterocycles. The molecule has 1 unspecified atom stereocenters. The van der Waals surface area contributed by atoms with Crippen LogP contribution in [-0.4, -0.2) is 33.1 Å². The topological polar surface area (TPSA) is 110 Å². The molecule has 0 spiro atoms. The molecule has 0 radical (unpaired) electrons. The molecule has 106 valence electrons. The number of benzene rings is 1. The van der Waals surface area contributed by atoms with Gasteiger partial charge in [-0.3, -0.25) is 4.79 Å². The number of nitrogens with zero attached hydrogens (tertiary/aromatic N) is 3. The van der Waals surface area contributed by atoms with Crippen molar-refractivity contribution in [1.82, 2.24) is 20.6 Å². The van der Waals surface area contributed by atoms with Crippen molar-refractivity contribution in [3.05, 3.63) is 24.3 Å². The first-order chi connectivity index (χ1) is 9.74. The second-order valence-corrected chi connectivity index (χ2v) is 4.53. The van der Waals surface area contributed by atoms with Gasteiger partial charge in [-0.05, 0) is 23.8 Å². The van der Waals surface area contributed by atoms with Gasteiger partial charge in [0.25, 0.3) is 0 Å². The molecule has 7 nitrogen and oxygen atoms in total. The molecule has 1 heterocycles. The van der Waals surface area contributed by atoms with Crippen molar-refractivity contribution in [1.29, 1.82) is 0 Å². The van der Waals surface area contributed by atoms with Gasteiger partial charge >= 0.3 is 0 Å². The zero-order chi connectivity index (χ0) is 14.4. The van der Waals surface area contributed by atoms with Crippen LogP contribution >= 0.6 is 0 Å². The Bertz CT molecular complexity index is 554. The predicted octanol–water partition coefficient (Wildman–Crippen LogP) is 1.18. The van der Waals surface area contributed by atoms with Crippen molar-refractivity contribution in [3.8, 4) is 11.4 Å². The second-order valence-electron chi connectivity index (χ2n) is 4.53. The second kappa shape index (κ2) is 6.76. The maximum absolute atomic E-state index is 12.1. The van der Waals surface area contributed by atoms with E-state index in [0.29, 0.717) is 18.1 Å². The summed E-state index contributed by atoms with van der Waals surface area (Å²) in [7, 11) is 0. The number of amides is 1. The van der Waals surface area contributed by atoms with E-state index in [0.717, 1.165) is 18.4 Å². The van der Waals surface area contributed by atoms with Crippen molar-refractivity contribution in [2.45, 2.75) is 19.8 Å². The summed E-state index contributed by atoms with van der Waals surface area (Å²) in [6.45, 7) is 2.39. The van der Waals surface area contributed by atoms with E-state index in [1.165, 1.54) is 0 Å². The average molecular weight is 274 g/mol. The number of tetrazole rings is 1. The lowest BCUT2D eigenvalue weighted by molar-refractivity contribution is -0.119. The molecular weight excluding hydrogens is 256 g/mol. The Labute approximate surface area is 117 Å². The van der Waals surface area contributed by atoms with Crippen LogP contribution < -0.4 is 11.1 Å². The zero-order valence-corrected chi connectivity index (χ0v) is 11.3. The molecule has 2 rings (SSSR count). The van der Waals surface area contributed by atoms with E-state index in [2.05, 4.69) is 25.9 Å². The van der Waals surface area contributed by atoms with Gasteiger partial charge in [0.15, 0.2) is 0 Å². The lowest BCUT2D eigenvalue weighted by Crippen LogP contribution is -2.29. The van der Waals surface area contributed by atoms with Gasteiger partial charge in [0.05, 0.1) is 5.92 Å². The number of carbonyl (C=O) groups is 1. The maximum atomic E-state index is 12.1. The van der Waals surface area contributed by atoms with E-state index in [9.17, 15) is 4.79 Å². The molecule has 4 N–H and O–H groups in total. The molecule has 1 atom stereocenters. The summed E-state index contributed by atoms with van der Waals surface area (Å²) in [6, 6.07) is 7.31. The van der Waals surface area contributed by atoms with Crippen LogP contribution in [0.4, 0.5) is 5.69 Å². The van der Waals surface area contributed by atoms with E-state index in [1.807, 2.05) is 31.2 Å². The van der Waals surface area contributed by atoms with Gasteiger partial charge < -0.3 is 11.1 Å². The first-order valence-corrected chi connectivity index (χ1v) is 6.59. The summed E-state index contributed by atoms with van der Waals surface area (Å²) < 4.78 is 0. The number of rotatable bonds is 6. The molecule has 20 heavy (non-hydrogen) atoms. The number of nitrogens with one attached hydrogen (secondary N) is 2. The maximum Gasteiger partial charge on any atom is 0.228 e. The highest BCUT2D eigenvalue weighted by Gasteiger charge is 2.16. The van der Waals surface area contributed by atoms with Gasteiger partial charge in [0, 0.05) is 17.8 Å².